The number of carbonyl (C=O) groups is 3. The van der Waals surface area contributed by atoms with Gasteiger partial charge in [0.15, 0.2) is 0 Å². The maximum Gasteiger partial charge on any atom is 0.322 e. The summed E-state index contributed by atoms with van der Waals surface area (Å²) in [6, 6.07) is 4.40. The largest absolute Gasteiger partial charge is 0.481 e. The van der Waals surface area contributed by atoms with Crippen LogP contribution in [0.25, 0.3) is 0 Å². The van der Waals surface area contributed by atoms with Gasteiger partial charge in [-0.2, -0.15) is 0 Å². The summed E-state index contributed by atoms with van der Waals surface area (Å²) in [7, 11) is 0. The zero-order chi connectivity index (χ0) is 19.4. The zero-order valence-corrected chi connectivity index (χ0v) is 15.5. The first-order valence-corrected chi connectivity index (χ1v) is 9.29. The van der Waals surface area contributed by atoms with Gasteiger partial charge in [-0.05, 0) is 37.0 Å². The van der Waals surface area contributed by atoms with E-state index in [1.54, 1.807) is 18.2 Å². The lowest BCUT2D eigenvalue weighted by molar-refractivity contribution is -0.144. The van der Waals surface area contributed by atoms with E-state index in [0.717, 1.165) is 0 Å². The van der Waals surface area contributed by atoms with Gasteiger partial charge in [-0.25, -0.2) is 4.79 Å². The highest BCUT2D eigenvalue weighted by atomic mass is 35.5. The fourth-order valence-corrected chi connectivity index (χ4v) is 3.66. The quantitative estimate of drug-likeness (QED) is 0.679. The molecular weight excluding hydrogens is 374 g/mol. The first kappa shape index (κ1) is 19.4. The molecule has 9 heteroatoms. The van der Waals surface area contributed by atoms with Crippen LogP contribution < -0.4 is 15.5 Å². The number of urea groups is 1. The van der Waals surface area contributed by atoms with Crippen molar-refractivity contribution in [3.8, 4) is 0 Å². The maximum atomic E-state index is 12.5. The van der Waals surface area contributed by atoms with Crippen molar-refractivity contribution in [2.45, 2.75) is 12.8 Å². The first-order chi connectivity index (χ1) is 13.0. The van der Waals surface area contributed by atoms with Gasteiger partial charge in [0, 0.05) is 38.4 Å². The second kappa shape index (κ2) is 8.58. The summed E-state index contributed by atoms with van der Waals surface area (Å²) in [6.45, 7) is 2.11. The number of nitrogens with one attached hydrogen (secondary N) is 2. The molecule has 3 amide bonds. The molecule has 0 spiro atoms. The van der Waals surface area contributed by atoms with Crippen molar-refractivity contribution in [1.29, 1.82) is 0 Å². The third kappa shape index (κ3) is 4.51. The van der Waals surface area contributed by atoms with Crippen molar-refractivity contribution in [2.75, 3.05) is 37.7 Å². The van der Waals surface area contributed by atoms with Gasteiger partial charge in [-0.15, -0.1) is 0 Å². The Bertz CT molecular complexity index is 736. The second-order valence-electron chi connectivity index (χ2n) is 6.65. The number of carboxylic acid groups (broad SMARTS) is 1. The molecule has 1 aromatic rings. The van der Waals surface area contributed by atoms with E-state index in [4.69, 9.17) is 16.3 Å². The maximum absolute atomic E-state index is 12.5. The highest BCUT2D eigenvalue weighted by Crippen LogP contribution is 2.28. The summed E-state index contributed by atoms with van der Waals surface area (Å²) in [6.07, 6.45) is 1.34. The van der Waals surface area contributed by atoms with Crippen LogP contribution in [0.2, 0.25) is 5.02 Å². The first-order valence-electron chi connectivity index (χ1n) is 8.91. The van der Waals surface area contributed by atoms with E-state index in [1.165, 1.54) is 4.90 Å². The fourth-order valence-electron chi connectivity index (χ4n) is 3.44. The van der Waals surface area contributed by atoms with E-state index < -0.39 is 17.8 Å². The monoisotopic (exact) mass is 395 g/mol. The Labute approximate surface area is 161 Å². The number of hydrogen-bond acceptors (Lipinski definition) is 4. The minimum Gasteiger partial charge on any atom is -0.481 e. The van der Waals surface area contributed by atoms with Crippen molar-refractivity contribution < 1.29 is 24.2 Å². The van der Waals surface area contributed by atoms with E-state index in [-0.39, 0.29) is 18.5 Å². The summed E-state index contributed by atoms with van der Waals surface area (Å²) >= 11 is 6.17. The highest BCUT2D eigenvalue weighted by Gasteiger charge is 2.30. The highest BCUT2D eigenvalue weighted by molar-refractivity contribution is 6.34. The average molecular weight is 396 g/mol. The molecular formula is C18H22ClN3O5. The summed E-state index contributed by atoms with van der Waals surface area (Å²) in [5.41, 5.74) is 0.781. The predicted octanol–water partition coefficient (Wildman–Crippen LogP) is 1.73. The molecule has 3 N–H and O–H groups in total. The molecule has 2 aliphatic rings. The molecule has 2 aliphatic heterocycles. The van der Waals surface area contributed by atoms with Crippen LogP contribution in [0.1, 0.15) is 23.2 Å². The molecule has 0 radical (unpaired) electrons. The third-order valence-electron chi connectivity index (χ3n) is 4.99. The van der Waals surface area contributed by atoms with Crippen molar-refractivity contribution in [3.63, 3.8) is 0 Å². The minimum absolute atomic E-state index is 0.0226. The SMILES string of the molecule is O=C(NCC(C(=O)O)C1CCOCC1)c1ccc(Cl)c(N2CCNC2=O)c1. The number of benzene rings is 1. The average Bonchev–Trinajstić information content (AvgIpc) is 3.08. The molecule has 0 saturated carbocycles. The Morgan fingerprint density at radius 1 is 1.37 bits per heavy atom. The van der Waals surface area contributed by atoms with E-state index in [0.29, 0.717) is 55.4 Å². The van der Waals surface area contributed by atoms with Gasteiger partial charge in [0.05, 0.1) is 16.6 Å². The van der Waals surface area contributed by atoms with Crippen LogP contribution >= 0.6 is 11.6 Å². The molecule has 0 aliphatic carbocycles. The molecule has 0 bridgehead atoms. The van der Waals surface area contributed by atoms with Crippen molar-refractivity contribution >= 4 is 35.2 Å². The van der Waals surface area contributed by atoms with Crippen molar-refractivity contribution in [1.82, 2.24) is 10.6 Å². The molecule has 8 nitrogen and oxygen atoms in total. The Kier molecular flexibility index (Phi) is 6.18. The van der Waals surface area contributed by atoms with Gasteiger partial charge in [0.2, 0.25) is 0 Å². The van der Waals surface area contributed by atoms with E-state index in [1.807, 2.05) is 0 Å². The van der Waals surface area contributed by atoms with Gasteiger partial charge >= 0.3 is 12.0 Å². The molecule has 27 heavy (non-hydrogen) atoms. The number of anilines is 1. The smallest absolute Gasteiger partial charge is 0.322 e. The molecule has 1 aromatic carbocycles. The molecule has 2 fully saturated rings. The Hall–Kier alpha value is -2.32. The minimum atomic E-state index is -0.923. The number of hydrogen-bond donors (Lipinski definition) is 3. The van der Waals surface area contributed by atoms with Crippen molar-refractivity contribution in [3.05, 3.63) is 28.8 Å². The molecule has 2 saturated heterocycles. The lowest BCUT2D eigenvalue weighted by Gasteiger charge is -2.27. The standard InChI is InChI=1S/C18H22ClN3O5/c19-14-2-1-12(9-15(14)22-6-5-20-18(22)26)16(23)21-10-13(17(24)25)11-3-7-27-8-4-11/h1-2,9,11,13H,3-8,10H2,(H,20,26)(H,21,23)(H,24,25). The number of ether oxygens (including phenoxy) is 1. The lowest BCUT2D eigenvalue weighted by Crippen LogP contribution is -2.39. The van der Waals surface area contributed by atoms with Crippen LogP contribution in [-0.4, -0.2) is 55.9 Å². The van der Waals surface area contributed by atoms with E-state index in [9.17, 15) is 19.5 Å². The zero-order valence-electron chi connectivity index (χ0n) is 14.7. The normalized spacial score (nSPS) is 18.9. The second-order valence-corrected chi connectivity index (χ2v) is 7.06. The van der Waals surface area contributed by atoms with Crippen LogP contribution in [-0.2, 0) is 9.53 Å². The predicted molar refractivity (Wildman–Crippen MR) is 99.2 cm³/mol. The van der Waals surface area contributed by atoms with E-state index in [2.05, 4.69) is 10.6 Å². The van der Waals surface area contributed by atoms with Crippen LogP contribution in [0.4, 0.5) is 10.5 Å². The number of nitrogens with zero attached hydrogens (tertiary/aromatic N) is 1. The molecule has 1 atom stereocenters. The van der Waals surface area contributed by atoms with E-state index >= 15 is 0 Å². The van der Waals surface area contributed by atoms with Crippen LogP contribution in [0, 0.1) is 11.8 Å². The third-order valence-corrected chi connectivity index (χ3v) is 5.31. The fraction of sp³-hybridized carbons (Fsp3) is 0.500. The molecule has 2 heterocycles. The van der Waals surface area contributed by atoms with Crippen LogP contribution in [0.3, 0.4) is 0 Å². The molecule has 1 unspecified atom stereocenters. The number of carboxylic acids is 1. The lowest BCUT2D eigenvalue weighted by atomic mass is 9.86. The topological polar surface area (TPSA) is 108 Å². The van der Waals surface area contributed by atoms with Crippen molar-refractivity contribution in [2.24, 2.45) is 11.8 Å². The van der Waals surface area contributed by atoms with Gasteiger partial charge in [0.25, 0.3) is 5.91 Å². The number of halogens is 1. The summed E-state index contributed by atoms with van der Waals surface area (Å²) in [5, 5.41) is 15.3. The summed E-state index contributed by atoms with van der Waals surface area (Å²) in [4.78, 5) is 37.4. The van der Waals surface area contributed by atoms with Gasteiger partial charge in [0.1, 0.15) is 0 Å². The molecule has 3 rings (SSSR count). The number of aliphatic carboxylic acids is 1. The van der Waals surface area contributed by atoms with Gasteiger partial charge in [-0.3, -0.25) is 14.5 Å². The summed E-state index contributed by atoms with van der Waals surface area (Å²) in [5.74, 6) is -2.00. The summed E-state index contributed by atoms with van der Waals surface area (Å²) < 4.78 is 5.28. The number of amides is 3. The number of carbonyl (C=O) groups excluding carboxylic acids is 2. The van der Waals surface area contributed by atoms with Gasteiger partial charge in [-0.1, -0.05) is 11.6 Å². The Morgan fingerprint density at radius 3 is 2.74 bits per heavy atom. The van der Waals surface area contributed by atoms with Crippen LogP contribution in [0.5, 0.6) is 0 Å². The Morgan fingerprint density at radius 2 is 2.11 bits per heavy atom. The van der Waals surface area contributed by atoms with Gasteiger partial charge < -0.3 is 20.5 Å². The molecule has 0 aromatic heterocycles. The van der Waals surface area contributed by atoms with Crippen LogP contribution in [0.15, 0.2) is 18.2 Å². The molecule has 146 valence electrons. The Balaban J connectivity index is 1.68. The number of rotatable bonds is 6.